The molecule has 0 radical (unpaired) electrons. The molecule has 0 heterocycles. The Morgan fingerprint density at radius 3 is 3.00 bits per heavy atom. The summed E-state index contributed by atoms with van der Waals surface area (Å²) in [7, 11) is 0. The normalized spacial score (nSPS) is 22.0. The van der Waals surface area contributed by atoms with Crippen LogP contribution in [0.15, 0.2) is 18.2 Å². The van der Waals surface area contributed by atoms with Gasteiger partial charge in [-0.05, 0) is 36.5 Å². The van der Waals surface area contributed by atoms with Crippen molar-refractivity contribution in [2.45, 2.75) is 25.3 Å². The molecule has 1 aliphatic rings. The molecule has 1 aromatic carbocycles. The monoisotopic (exact) mass is 181 g/mol. The first-order chi connectivity index (χ1) is 5.79. The Labute approximate surface area is 77.5 Å². The van der Waals surface area contributed by atoms with Gasteiger partial charge >= 0.3 is 0 Å². The Kier molecular flexibility index (Phi) is 2.07. The van der Waals surface area contributed by atoms with Gasteiger partial charge in [-0.3, -0.25) is 0 Å². The van der Waals surface area contributed by atoms with Crippen molar-refractivity contribution in [2.75, 3.05) is 0 Å². The zero-order chi connectivity index (χ0) is 8.55. The van der Waals surface area contributed by atoms with E-state index in [-0.39, 0.29) is 6.04 Å². The third kappa shape index (κ3) is 1.23. The summed E-state index contributed by atoms with van der Waals surface area (Å²) >= 11 is 6.06. The van der Waals surface area contributed by atoms with E-state index in [4.69, 9.17) is 17.3 Å². The molecule has 0 aromatic heterocycles. The molecule has 0 unspecified atom stereocenters. The third-order valence-corrected chi connectivity index (χ3v) is 2.80. The highest BCUT2D eigenvalue weighted by Crippen LogP contribution is 2.32. The van der Waals surface area contributed by atoms with E-state index in [0.717, 1.165) is 17.9 Å². The summed E-state index contributed by atoms with van der Waals surface area (Å²) in [4.78, 5) is 0. The van der Waals surface area contributed by atoms with Crippen LogP contribution < -0.4 is 5.73 Å². The van der Waals surface area contributed by atoms with E-state index in [1.807, 2.05) is 12.1 Å². The van der Waals surface area contributed by atoms with E-state index in [0.29, 0.717) is 0 Å². The van der Waals surface area contributed by atoms with Gasteiger partial charge in [-0.25, -0.2) is 0 Å². The number of rotatable bonds is 0. The Bertz CT molecular complexity index is 296. The Morgan fingerprint density at radius 2 is 2.25 bits per heavy atom. The molecule has 1 nitrogen and oxygen atoms in total. The highest BCUT2D eigenvalue weighted by Gasteiger charge is 2.18. The highest BCUT2D eigenvalue weighted by atomic mass is 35.5. The minimum Gasteiger partial charge on any atom is -0.324 e. The molecule has 0 amide bonds. The van der Waals surface area contributed by atoms with E-state index in [9.17, 15) is 0 Å². The lowest BCUT2D eigenvalue weighted by molar-refractivity contribution is 0.571. The van der Waals surface area contributed by atoms with E-state index in [1.54, 1.807) is 0 Å². The zero-order valence-corrected chi connectivity index (χ0v) is 7.64. The SMILES string of the molecule is N[C@@H]1CCCc2cccc(Cl)c21. The Balaban J connectivity index is 2.53. The molecule has 0 spiro atoms. The number of hydrogen-bond donors (Lipinski definition) is 1. The summed E-state index contributed by atoms with van der Waals surface area (Å²) < 4.78 is 0. The molecule has 0 bridgehead atoms. The minimum absolute atomic E-state index is 0.155. The molecule has 0 saturated carbocycles. The lowest BCUT2D eigenvalue weighted by Crippen LogP contribution is -2.17. The maximum absolute atomic E-state index is 6.06. The summed E-state index contributed by atoms with van der Waals surface area (Å²) in [5, 5.41) is 0.833. The second kappa shape index (κ2) is 3.08. The molecular weight excluding hydrogens is 170 g/mol. The topological polar surface area (TPSA) is 26.0 Å². The predicted octanol–water partition coefficient (Wildman–Crippen LogP) is 2.68. The first-order valence-corrected chi connectivity index (χ1v) is 4.69. The Morgan fingerprint density at radius 1 is 1.42 bits per heavy atom. The van der Waals surface area contributed by atoms with Gasteiger partial charge in [-0.15, -0.1) is 0 Å². The van der Waals surface area contributed by atoms with Crippen molar-refractivity contribution >= 4 is 11.6 Å². The van der Waals surface area contributed by atoms with Crippen LogP contribution in [-0.4, -0.2) is 0 Å². The fraction of sp³-hybridized carbons (Fsp3) is 0.400. The highest BCUT2D eigenvalue weighted by molar-refractivity contribution is 6.31. The standard InChI is InChI=1S/C10H12ClN/c11-8-5-1-3-7-4-2-6-9(12)10(7)8/h1,3,5,9H,2,4,6,12H2/t9-/m1/s1. The number of halogens is 1. The first kappa shape index (κ1) is 8.09. The molecule has 2 heteroatoms. The van der Waals surface area contributed by atoms with Crippen LogP contribution in [-0.2, 0) is 6.42 Å². The smallest absolute Gasteiger partial charge is 0.0456 e. The quantitative estimate of drug-likeness (QED) is 0.655. The summed E-state index contributed by atoms with van der Waals surface area (Å²) in [5.41, 5.74) is 8.47. The van der Waals surface area contributed by atoms with Crippen molar-refractivity contribution in [1.29, 1.82) is 0 Å². The van der Waals surface area contributed by atoms with Gasteiger partial charge in [-0.2, -0.15) is 0 Å². The van der Waals surface area contributed by atoms with Crippen LogP contribution in [0.5, 0.6) is 0 Å². The van der Waals surface area contributed by atoms with Crippen LogP contribution in [0, 0.1) is 0 Å². The molecule has 2 rings (SSSR count). The second-order valence-electron chi connectivity index (χ2n) is 3.31. The largest absolute Gasteiger partial charge is 0.324 e. The van der Waals surface area contributed by atoms with Gasteiger partial charge in [0.15, 0.2) is 0 Å². The van der Waals surface area contributed by atoms with E-state index < -0.39 is 0 Å². The van der Waals surface area contributed by atoms with Crippen LogP contribution in [0.3, 0.4) is 0 Å². The molecular formula is C10H12ClN. The maximum Gasteiger partial charge on any atom is 0.0456 e. The van der Waals surface area contributed by atoms with Gasteiger partial charge in [0.05, 0.1) is 0 Å². The zero-order valence-electron chi connectivity index (χ0n) is 6.89. The molecule has 64 valence electrons. The number of hydrogen-bond acceptors (Lipinski definition) is 1. The van der Waals surface area contributed by atoms with Crippen molar-refractivity contribution in [1.82, 2.24) is 0 Å². The molecule has 0 saturated heterocycles. The van der Waals surface area contributed by atoms with Gasteiger partial charge in [-0.1, -0.05) is 23.7 Å². The molecule has 1 aliphatic carbocycles. The van der Waals surface area contributed by atoms with Crippen molar-refractivity contribution < 1.29 is 0 Å². The Hall–Kier alpha value is -0.530. The molecule has 1 aromatic rings. The van der Waals surface area contributed by atoms with Crippen LogP contribution in [0.1, 0.15) is 30.0 Å². The third-order valence-electron chi connectivity index (χ3n) is 2.48. The minimum atomic E-state index is 0.155. The summed E-state index contributed by atoms with van der Waals surface area (Å²) in [6.07, 6.45) is 3.38. The van der Waals surface area contributed by atoms with Gasteiger partial charge in [0, 0.05) is 11.1 Å². The summed E-state index contributed by atoms with van der Waals surface area (Å²) in [6, 6.07) is 6.20. The lowest BCUT2D eigenvalue weighted by Gasteiger charge is -2.22. The average molecular weight is 182 g/mol. The van der Waals surface area contributed by atoms with Gasteiger partial charge < -0.3 is 5.73 Å². The maximum atomic E-state index is 6.06. The van der Waals surface area contributed by atoms with Crippen LogP contribution in [0.4, 0.5) is 0 Å². The van der Waals surface area contributed by atoms with Gasteiger partial charge in [0.25, 0.3) is 0 Å². The van der Waals surface area contributed by atoms with Crippen LogP contribution in [0.25, 0.3) is 0 Å². The predicted molar refractivity (Wildman–Crippen MR) is 51.3 cm³/mol. The second-order valence-corrected chi connectivity index (χ2v) is 3.72. The molecule has 1 atom stereocenters. The summed E-state index contributed by atoms with van der Waals surface area (Å²) in [5.74, 6) is 0. The van der Waals surface area contributed by atoms with Crippen molar-refractivity contribution in [3.63, 3.8) is 0 Å². The van der Waals surface area contributed by atoms with Crippen molar-refractivity contribution in [3.8, 4) is 0 Å². The van der Waals surface area contributed by atoms with E-state index >= 15 is 0 Å². The number of fused-ring (bicyclic) bond motifs is 1. The van der Waals surface area contributed by atoms with Gasteiger partial charge in [0.2, 0.25) is 0 Å². The number of nitrogens with two attached hydrogens (primary N) is 1. The fourth-order valence-electron chi connectivity index (χ4n) is 1.87. The molecule has 12 heavy (non-hydrogen) atoms. The van der Waals surface area contributed by atoms with Gasteiger partial charge in [0.1, 0.15) is 0 Å². The van der Waals surface area contributed by atoms with Crippen molar-refractivity contribution in [3.05, 3.63) is 34.3 Å². The summed E-state index contributed by atoms with van der Waals surface area (Å²) in [6.45, 7) is 0. The number of aryl methyl sites for hydroxylation is 1. The molecule has 2 N–H and O–H groups in total. The fourth-order valence-corrected chi connectivity index (χ4v) is 2.21. The van der Waals surface area contributed by atoms with Crippen LogP contribution in [0.2, 0.25) is 5.02 Å². The molecule has 0 aliphatic heterocycles. The van der Waals surface area contributed by atoms with Crippen LogP contribution >= 0.6 is 11.6 Å². The van der Waals surface area contributed by atoms with E-state index in [1.165, 1.54) is 17.5 Å². The first-order valence-electron chi connectivity index (χ1n) is 4.32. The lowest BCUT2D eigenvalue weighted by atomic mass is 9.88. The average Bonchev–Trinajstić information content (AvgIpc) is 2.04. The van der Waals surface area contributed by atoms with Crippen molar-refractivity contribution in [2.24, 2.45) is 5.73 Å². The number of benzene rings is 1. The molecule has 0 fully saturated rings. The van der Waals surface area contributed by atoms with E-state index in [2.05, 4.69) is 6.07 Å².